The SMILES string of the molecule is CC(C)CC(C(=O)N[C@@H](Cc1ccccc1)C(=O)OC1CCCC1)C(C)N(O)C=O. The number of ether oxygens (including phenoxy) is 1. The third-order valence-corrected chi connectivity index (χ3v) is 5.64. The van der Waals surface area contributed by atoms with Gasteiger partial charge in [-0.05, 0) is 50.5 Å². The first-order valence-corrected chi connectivity index (χ1v) is 10.8. The van der Waals surface area contributed by atoms with Crippen molar-refractivity contribution in [1.82, 2.24) is 10.4 Å². The van der Waals surface area contributed by atoms with Gasteiger partial charge in [-0.3, -0.25) is 14.8 Å². The van der Waals surface area contributed by atoms with Gasteiger partial charge in [0.15, 0.2) is 0 Å². The summed E-state index contributed by atoms with van der Waals surface area (Å²) in [5.74, 6) is -1.30. The molecule has 1 aromatic carbocycles. The van der Waals surface area contributed by atoms with Crippen LogP contribution in [0.4, 0.5) is 0 Å². The van der Waals surface area contributed by atoms with Crippen molar-refractivity contribution < 1.29 is 24.3 Å². The zero-order valence-electron chi connectivity index (χ0n) is 18.1. The molecule has 2 unspecified atom stereocenters. The highest BCUT2D eigenvalue weighted by molar-refractivity contribution is 5.86. The molecule has 7 heteroatoms. The minimum atomic E-state index is -0.828. The van der Waals surface area contributed by atoms with E-state index < -0.39 is 24.0 Å². The van der Waals surface area contributed by atoms with Gasteiger partial charge in [0.05, 0.1) is 12.0 Å². The Hall–Kier alpha value is -2.41. The van der Waals surface area contributed by atoms with Crippen LogP contribution >= 0.6 is 0 Å². The van der Waals surface area contributed by atoms with E-state index in [1.165, 1.54) is 0 Å². The van der Waals surface area contributed by atoms with Crippen LogP contribution < -0.4 is 5.32 Å². The number of benzene rings is 1. The van der Waals surface area contributed by atoms with Crippen molar-refractivity contribution >= 4 is 18.3 Å². The monoisotopic (exact) mass is 418 g/mol. The van der Waals surface area contributed by atoms with Crippen LogP contribution in [0.3, 0.4) is 0 Å². The summed E-state index contributed by atoms with van der Waals surface area (Å²) in [4.78, 5) is 37.0. The summed E-state index contributed by atoms with van der Waals surface area (Å²) in [5.41, 5.74) is 0.913. The standard InChI is InChI=1S/C23H34N2O5/c1-16(2)13-20(17(3)25(29)15-26)22(27)24-21(14-18-9-5-4-6-10-18)23(28)30-19-11-7-8-12-19/h4-6,9-10,15-17,19-21,29H,7-8,11-14H2,1-3H3,(H,24,27)/t17?,20?,21-/m0/s1. The second-order valence-corrected chi connectivity index (χ2v) is 8.56. The molecular formula is C23H34N2O5. The molecule has 1 aliphatic carbocycles. The van der Waals surface area contributed by atoms with Gasteiger partial charge in [0.2, 0.25) is 12.3 Å². The number of carbonyl (C=O) groups is 3. The number of nitrogens with one attached hydrogen (secondary N) is 1. The van der Waals surface area contributed by atoms with E-state index in [0.717, 1.165) is 31.2 Å². The summed E-state index contributed by atoms with van der Waals surface area (Å²) in [7, 11) is 0. The molecule has 0 radical (unpaired) electrons. The van der Waals surface area contributed by atoms with Crippen LogP contribution in [0.2, 0.25) is 0 Å². The first-order chi connectivity index (χ1) is 14.3. The van der Waals surface area contributed by atoms with Crippen molar-refractivity contribution in [3.8, 4) is 0 Å². The molecule has 1 saturated carbocycles. The number of hydrogen-bond acceptors (Lipinski definition) is 5. The van der Waals surface area contributed by atoms with Crippen LogP contribution in [0.5, 0.6) is 0 Å². The Morgan fingerprint density at radius 3 is 2.40 bits per heavy atom. The zero-order valence-corrected chi connectivity index (χ0v) is 18.1. The molecule has 2 N–H and O–H groups in total. The highest BCUT2D eigenvalue weighted by atomic mass is 16.5. The molecule has 0 spiro atoms. The average molecular weight is 419 g/mol. The van der Waals surface area contributed by atoms with Crippen LogP contribution in [0.25, 0.3) is 0 Å². The summed E-state index contributed by atoms with van der Waals surface area (Å²) >= 11 is 0. The third kappa shape index (κ3) is 7.13. The minimum absolute atomic E-state index is 0.0962. The summed E-state index contributed by atoms with van der Waals surface area (Å²) in [5, 5.41) is 13.2. The normalized spacial score (nSPS) is 17.2. The molecule has 2 amide bonds. The largest absolute Gasteiger partial charge is 0.461 e. The maximum Gasteiger partial charge on any atom is 0.329 e. The fraction of sp³-hybridized carbons (Fsp3) is 0.609. The highest BCUT2D eigenvalue weighted by Gasteiger charge is 2.33. The Bertz CT molecular complexity index is 688. The van der Waals surface area contributed by atoms with E-state index in [-0.39, 0.29) is 17.9 Å². The van der Waals surface area contributed by atoms with E-state index in [9.17, 15) is 19.6 Å². The molecule has 1 aromatic rings. The van der Waals surface area contributed by atoms with E-state index in [1.54, 1.807) is 6.92 Å². The van der Waals surface area contributed by atoms with Crippen molar-refractivity contribution in [2.45, 2.75) is 77.5 Å². The minimum Gasteiger partial charge on any atom is -0.461 e. The summed E-state index contributed by atoms with van der Waals surface area (Å²) in [6.07, 6.45) is 4.76. The van der Waals surface area contributed by atoms with Crippen LogP contribution in [-0.4, -0.2) is 46.7 Å². The van der Waals surface area contributed by atoms with Crippen LogP contribution in [0, 0.1) is 11.8 Å². The molecular weight excluding hydrogens is 384 g/mol. The van der Waals surface area contributed by atoms with Gasteiger partial charge < -0.3 is 10.1 Å². The predicted molar refractivity (Wildman–Crippen MR) is 113 cm³/mol. The average Bonchev–Trinajstić information content (AvgIpc) is 3.23. The van der Waals surface area contributed by atoms with E-state index >= 15 is 0 Å². The Morgan fingerprint density at radius 1 is 1.20 bits per heavy atom. The lowest BCUT2D eigenvalue weighted by molar-refractivity contribution is -0.167. The smallest absolute Gasteiger partial charge is 0.329 e. The molecule has 166 valence electrons. The number of esters is 1. The quantitative estimate of drug-likeness (QED) is 0.249. The molecule has 0 saturated heterocycles. The van der Waals surface area contributed by atoms with Gasteiger partial charge in [-0.15, -0.1) is 0 Å². The van der Waals surface area contributed by atoms with Crippen LogP contribution in [0.15, 0.2) is 30.3 Å². The molecule has 2 rings (SSSR count). The Kier molecular flexibility index (Phi) is 9.30. The lowest BCUT2D eigenvalue weighted by Gasteiger charge is -2.30. The number of nitrogens with zero attached hydrogens (tertiary/aromatic N) is 1. The highest BCUT2D eigenvalue weighted by Crippen LogP contribution is 2.23. The molecule has 30 heavy (non-hydrogen) atoms. The van der Waals surface area contributed by atoms with Gasteiger partial charge >= 0.3 is 5.97 Å². The lowest BCUT2D eigenvalue weighted by atomic mass is 9.89. The Morgan fingerprint density at radius 2 is 1.83 bits per heavy atom. The van der Waals surface area contributed by atoms with Crippen molar-refractivity contribution in [3.63, 3.8) is 0 Å². The molecule has 0 aromatic heterocycles. The van der Waals surface area contributed by atoms with Crippen molar-refractivity contribution in [3.05, 3.63) is 35.9 Å². The topological polar surface area (TPSA) is 95.9 Å². The van der Waals surface area contributed by atoms with Gasteiger partial charge in [0.25, 0.3) is 0 Å². The third-order valence-electron chi connectivity index (χ3n) is 5.64. The summed E-state index contributed by atoms with van der Waals surface area (Å²) in [6.45, 7) is 5.54. The van der Waals surface area contributed by atoms with Gasteiger partial charge in [-0.1, -0.05) is 44.2 Å². The Balaban J connectivity index is 2.16. The van der Waals surface area contributed by atoms with E-state index in [0.29, 0.717) is 24.3 Å². The zero-order chi connectivity index (χ0) is 22.1. The van der Waals surface area contributed by atoms with Crippen molar-refractivity contribution in [2.24, 2.45) is 11.8 Å². The molecule has 0 heterocycles. The van der Waals surface area contributed by atoms with E-state index in [1.807, 2.05) is 44.2 Å². The molecule has 7 nitrogen and oxygen atoms in total. The second-order valence-electron chi connectivity index (χ2n) is 8.56. The first kappa shape index (κ1) is 23.9. The number of rotatable bonds is 11. The van der Waals surface area contributed by atoms with Gasteiger partial charge in [-0.25, -0.2) is 9.86 Å². The molecule has 0 bridgehead atoms. The number of hydrogen-bond donors (Lipinski definition) is 2. The number of hydroxylamine groups is 2. The van der Waals surface area contributed by atoms with E-state index in [4.69, 9.17) is 4.74 Å². The van der Waals surface area contributed by atoms with Crippen LogP contribution in [0.1, 0.15) is 58.4 Å². The Labute approximate surface area is 178 Å². The van der Waals surface area contributed by atoms with E-state index in [2.05, 4.69) is 5.32 Å². The molecule has 1 fully saturated rings. The molecule has 1 aliphatic rings. The maximum absolute atomic E-state index is 13.1. The van der Waals surface area contributed by atoms with Gasteiger partial charge in [0.1, 0.15) is 12.1 Å². The molecule has 0 aliphatic heterocycles. The maximum atomic E-state index is 13.1. The summed E-state index contributed by atoms with van der Waals surface area (Å²) in [6, 6.07) is 7.92. The van der Waals surface area contributed by atoms with Crippen molar-refractivity contribution in [1.29, 1.82) is 0 Å². The van der Waals surface area contributed by atoms with Gasteiger partial charge in [0, 0.05) is 6.42 Å². The lowest BCUT2D eigenvalue weighted by Crippen LogP contribution is -2.50. The van der Waals surface area contributed by atoms with Gasteiger partial charge in [-0.2, -0.15) is 0 Å². The van der Waals surface area contributed by atoms with Crippen LogP contribution in [-0.2, 0) is 25.5 Å². The number of amides is 2. The number of carbonyl (C=O) groups excluding carboxylic acids is 3. The van der Waals surface area contributed by atoms with Crippen molar-refractivity contribution in [2.75, 3.05) is 0 Å². The fourth-order valence-electron chi connectivity index (χ4n) is 3.89. The predicted octanol–water partition coefficient (Wildman–Crippen LogP) is 3.10. The molecule has 3 atom stereocenters. The first-order valence-electron chi connectivity index (χ1n) is 10.8. The summed E-state index contributed by atoms with van der Waals surface area (Å²) < 4.78 is 5.67. The fourth-order valence-corrected chi connectivity index (χ4v) is 3.89. The second kappa shape index (κ2) is 11.7.